The van der Waals surface area contributed by atoms with Crippen LogP contribution >= 0.6 is 11.3 Å². The molecular weight excluding hydrogens is 400 g/mol. The van der Waals surface area contributed by atoms with Gasteiger partial charge in [0, 0.05) is 43.4 Å². The molecule has 0 saturated carbocycles. The van der Waals surface area contributed by atoms with Gasteiger partial charge in [-0.2, -0.15) is 0 Å². The molecule has 0 radical (unpaired) electrons. The van der Waals surface area contributed by atoms with Gasteiger partial charge in [-0.15, -0.1) is 11.3 Å². The van der Waals surface area contributed by atoms with Gasteiger partial charge in [-0.3, -0.25) is 14.7 Å². The molecule has 158 valence electrons. The fourth-order valence-corrected chi connectivity index (χ4v) is 4.35. The van der Waals surface area contributed by atoms with Crippen LogP contribution in [0.15, 0.2) is 30.6 Å². The number of thiophene rings is 1. The highest BCUT2D eigenvalue weighted by Gasteiger charge is 2.19. The minimum absolute atomic E-state index is 0.0342. The number of morpholine rings is 1. The zero-order chi connectivity index (χ0) is 20.9. The lowest BCUT2D eigenvalue weighted by molar-refractivity contribution is 0.0383. The van der Waals surface area contributed by atoms with Crippen LogP contribution in [0.4, 0.5) is 5.95 Å². The van der Waals surface area contributed by atoms with E-state index in [0.717, 1.165) is 53.5 Å². The van der Waals surface area contributed by atoms with Crippen LogP contribution in [0.1, 0.15) is 33.9 Å². The van der Waals surface area contributed by atoms with Crippen molar-refractivity contribution in [2.75, 3.05) is 44.7 Å². The highest BCUT2D eigenvalue weighted by molar-refractivity contribution is 7.19. The van der Waals surface area contributed by atoms with Crippen LogP contribution in [-0.2, 0) is 4.74 Å². The molecule has 1 unspecified atom stereocenters. The number of hydrogen-bond acceptors (Lipinski definition) is 8. The predicted octanol–water partition coefficient (Wildman–Crippen LogP) is 2.63. The van der Waals surface area contributed by atoms with Crippen LogP contribution in [0.25, 0.3) is 10.2 Å². The van der Waals surface area contributed by atoms with Crippen molar-refractivity contribution in [1.82, 2.24) is 25.2 Å². The quantitative estimate of drug-likeness (QED) is 0.600. The first-order valence-corrected chi connectivity index (χ1v) is 10.9. The average Bonchev–Trinajstić information content (AvgIpc) is 3.14. The fraction of sp³-hybridized carbons (Fsp3) is 0.429. The van der Waals surface area contributed by atoms with E-state index in [4.69, 9.17) is 4.74 Å². The summed E-state index contributed by atoms with van der Waals surface area (Å²) in [6.45, 7) is 8.71. The molecule has 4 rings (SSSR count). The van der Waals surface area contributed by atoms with Crippen molar-refractivity contribution in [1.29, 1.82) is 0 Å². The van der Waals surface area contributed by atoms with Crippen molar-refractivity contribution in [3.8, 4) is 0 Å². The number of ether oxygens (including phenoxy) is 1. The zero-order valence-electron chi connectivity index (χ0n) is 17.2. The molecule has 0 aliphatic carbocycles. The molecule has 1 aliphatic rings. The highest BCUT2D eigenvalue weighted by atomic mass is 32.1. The topological polar surface area (TPSA) is 92.3 Å². The molecule has 2 N–H and O–H groups in total. The van der Waals surface area contributed by atoms with E-state index in [-0.39, 0.29) is 11.9 Å². The van der Waals surface area contributed by atoms with E-state index < -0.39 is 0 Å². The summed E-state index contributed by atoms with van der Waals surface area (Å²) in [5.74, 6) is 0.268. The Morgan fingerprint density at radius 1 is 1.33 bits per heavy atom. The summed E-state index contributed by atoms with van der Waals surface area (Å²) in [5, 5.41) is 6.32. The smallest absolute Gasteiger partial charge is 0.271 e. The van der Waals surface area contributed by atoms with Crippen LogP contribution in [-0.4, -0.2) is 65.2 Å². The number of aryl methyl sites for hydroxylation is 1. The van der Waals surface area contributed by atoms with Gasteiger partial charge in [0.05, 0.1) is 29.5 Å². The van der Waals surface area contributed by atoms with Gasteiger partial charge >= 0.3 is 0 Å². The number of hydrogen-bond donors (Lipinski definition) is 2. The maximum atomic E-state index is 12.9. The van der Waals surface area contributed by atoms with Gasteiger partial charge in [0.15, 0.2) is 5.69 Å². The van der Waals surface area contributed by atoms with E-state index in [9.17, 15) is 4.79 Å². The van der Waals surface area contributed by atoms with Gasteiger partial charge in [-0.25, -0.2) is 9.97 Å². The van der Waals surface area contributed by atoms with Crippen LogP contribution < -0.4 is 10.6 Å². The maximum absolute atomic E-state index is 12.9. The highest BCUT2D eigenvalue weighted by Crippen LogP contribution is 2.28. The largest absolute Gasteiger partial charge is 0.379 e. The summed E-state index contributed by atoms with van der Waals surface area (Å²) in [6, 6.07) is 5.85. The summed E-state index contributed by atoms with van der Waals surface area (Å²) in [6.07, 6.45) is 3.55. The molecule has 0 spiro atoms. The third-order valence-electron chi connectivity index (χ3n) is 5.06. The lowest BCUT2D eigenvalue weighted by Gasteiger charge is -2.26. The molecule has 1 aliphatic heterocycles. The van der Waals surface area contributed by atoms with E-state index >= 15 is 0 Å². The van der Waals surface area contributed by atoms with Gasteiger partial charge in [-0.1, -0.05) is 6.07 Å². The number of carbonyl (C=O) groups excluding carboxylic acids is 1. The summed E-state index contributed by atoms with van der Waals surface area (Å²) < 4.78 is 6.18. The predicted molar refractivity (Wildman–Crippen MR) is 118 cm³/mol. The summed E-state index contributed by atoms with van der Waals surface area (Å²) >= 11 is 1.54. The molecular formula is C21H26N6O2S. The Hall–Kier alpha value is -2.62. The number of nitrogens with zero attached hydrogens (tertiary/aromatic N) is 4. The zero-order valence-corrected chi connectivity index (χ0v) is 18.0. The van der Waals surface area contributed by atoms with Gasteiger partial charge in [0.1, 0.15) is 0 Å². The second kappa shape index (κ2) is 9.46. The SMILES string of the molecule is Cc1cc2nc(NC(C)c3cccnc3)nc(C(=O)NCCN3CCOCC3)c2s1. The average molecular weight is 427 g/mol. The molecule has 4 heterocycles. The number of anilines is 1. The molecule has 30 heavy (non-hydrogen) atoms. The van der Waals surface area contributed by atoms with Gasteiger partial charge < -0.3 is 15.4 Å². The van der Waals surface area contributed by atoms with E-state index in [1.807, 2.05) is 38.2 Å². The Balaban J connectivity index is 1.50. The van der Waals surface area contributed by atoms with Crippen LogP contribution in [0.2, 0.25) is 0 Å². The van der Waals surface area contributed by atoms with E-state index in [0.29, 0.717) is 18.2 Å². The Labute approximate surface area is 179 Å². The lowest BCUT2D eigenvalue weighted by atomic mass is 10.1. The van der Waals surface area contributed by atoms with Gasteiger partial charge in [0.25, 0.3) is 5.91 Å². The Morgan fingerprint density at radius 3 is 2.93 bits per heavy atom. The summed E-state index contributed by atoms with van der Waals surface area (Å²) in [4.78, 5) is 29.7. The minimum Gasteiger partial charge on any atom is -0.379 e. The molecule has 0 aromatic carbocycles. The van der Waals surface area contributed by atoms with E-state index in [2.05, 4.69) is 30.5 Å². The lowest BCUT2D eigenvalue weighted by Crippen LogP contribution is -2.41. The minimum atomic E-state index is -0.172. The van der Waals surface area contributed by atoms with Crippen molar-refractivity contribution in [2.24, 2.45) is 0 Å². The maximum Gasteiger partial charge on any atom is 0.271 e. The van der Waals surface area contributed by atoms with Gasteiger partial charge in [0.2, 0.25) is 5.95 Å². The normalized spacial score (nSPS) is 15.8. The molecule has 1 fully saturated rings. The number of aromatic nitrogens is 3. The summed E-state index contributed by atoms with van der Waals surface area (Å²) in [5.41, 5.74) is 2.23. The monoisotopic (exact) mass is 426 g/mol. The number of carbonyl (C=O) groups is 1. The molecule has 9 heteroatoms. The van der Waals surface area contributed by atoms with Crippen molar-refractivity contribution in [3.63, 3.8) is 0 Å². The molecule has 1 atom stereocenters. The Bertz CT molecular complexity index is 1000. The molecule has 3 aromatic rings. The van der Waals surface area contributed by atoms with Crippen LogP contribution in [0.3, 0.4) is 0 Å². The first-order chi connectivity index (χ1) is 14.6. The number of amides is 1. The number of fused-ring (bicyclic) bond motifs is 1. The number of nitrogens with one attached hydrogen (secondary N) is 2. The standard InChI is InChI=1S/C21H26N6O2S/c1-14-12-17-19(30-14)18(20(28)23-6-7-27-8-10-29-11-9-27)26-21(25-17)24-15(2)16-4-3-5-22-13-16/h3-5,12-13,15H,6-11H2,1-2H3,(H,23,28)(H,24,25,26). The van der Waals surface area contributed by atoms with E-state index in [1.54, 1.807) is 17.5 Å². The third kappa shape index (κ3) is 4.92. The first kappa shape index (κ1) is 20.6. The number of rotatable bonds is 7. The summed E-state index contributed by atoms with van der Waals surface area (Å²) in [7, 11) is 0. The Morgan fingerprint density at radius 2 is 2.17 bits per heavy atom. The molecule has 8 nitrogen and oxygen atoms in total. The first-order valence-electron chi connectivity index (χ1n) is 10.1. The molecule has 1 saturated heterocycles. The molecule has 3 aromatic heterocycles. The van der Waals surface area contributed by atoms with Crippen molar-refractivity contribution < 1.29 is 9.53 Å². The Kier molecular flexibility index (Phi) is 6.51. The van der Waals surface area contributed by atoms with Crippen LogP contribution in [0, 0.1) is 6.92 Å². The van der Waals surface area contributed by atoms with Crippen LogP contribution in [0.5, 0.6) is 0 Å². The van der Waals surface area contributed by atoms with Gasteiger partial charge in [-0.05, 0) is 31.5 Å². The second-order valence-electron chi connectivity index (χ2n) is 7.33. The van der Waals surface area contributed by atoms with Crippen molar-refractivity contribution in [3.05, 3.63) is 46.7 Å². The third-order valence-corrected chi connectivity index (χ3v) is 6.10. The second-order valence-corrected chi connectivity index (χ2v) is 8.59. The van der Waals surface area contributed by atoms with E-state index in [1.165, 1.54) is 0 Å². The molecule has 0 bridgehead atoms. The fourth-order valence-electron chi connectivity index (χ4n) is 3.41. The molecule has 1 amide bonds. The van der Waals surface area contributed by atoms with Crippen molar-refractivity contribution >= 4 is 33.4 Å². The number of pyridine rings is 1. The van der Waals surface area contributed by atoms with Crippen molar-refractivity contribution in [2.45, 2.75) is 19.9 Å².